The molecular formula is C17H27F3IN3. The highest BCUT2D eigenvalue weighted by molar-refractivity contribution is 14.0. The second-order valence-corrected chi connectivity index (χ2v) is 5.35. The molecule has 0 saturated heterocycles. The highest BCUT2D eigenvalue weighted by atomic mass is 127. The maximum Gasteiger partial charge on any atom is 0.389 e. The third-order valence-electron chi connectivity index (χ3n) is 3.26. The zero-order valence-electron chi connectivity index (χ0n) is 14.0. The van der Waals surface area contributed by atoms with Gasteiger partial charge in [0.25, 0.3) is 0 Å². The molecule has 24 heavy (non-hydrogen) atoms. The van der Waals surface area contributed by atoms with Crippen molar-refractivity contribution < 1.29 is 13.2 Å². The van der Waals surface area contributed by atoms with Gasteiger partial charge < -0.3 is 10.6 Å². The maximum atomic E-state index is 12.1. The van der Waals surface area contributed by atoms with Crippen LogP contribution in [0, 0.1) is 0 Å². The van der Waals surface area contributed by atoms with E-state index in [1.807, 2.05) is 25.1 Å². The van der Waals surface area contributed by atoms with Gasteiger partial charge in [-0.2, -0.15) is 13.2 Å². The molecule has 7 heteroatoms. The molecule has 0 aliphatic rings. The Labute approximate surface area is 159 Å². The van der Waals surface area contributed by atoms with E-state index in [0.29, 0.717) is 25.5 Å². The van der Waals surface area contributed by atoms with Crippen LogP contribution in [0.5, 0.6) is 0 Å². The summed E-state index contributed by atoms with van der Waals surface area (Å²) in [6.45, 7) is 3.88. The average molecular weight is 457 g/mol. The van der Waals surface area contributed by atoms with Gasteiger partial charge in [-0.1, -0.05) is 30.3 Å². The molecule has 3 nitrogen and oxygen atoms in total. The van der Waals surface area contributed by atoms with Gasteiger partial charge in [-0.3, -0.25) is 4.99 Å². The van der Waals surface area contributed by atoms with Crippen LogP contribution in [0.4, 0.5) is 13.2 Å². The smallest absolute Gasteiger partial charge is 0.357 e. The number of aliphatic imine (C=N–C) groups is 1. The normalized spacial score (nSPS) is 11.8. The van der Waals surface area contributed by atoms with Crippen molar-refractivity contribution in [1.82, 2.24) is 10.6 Å². The van der Waals surface area contributed by atoms with E-state index in [0.717, 1.165) is 19.4 Å². The number of benzene rings is 1. The summed E-state index contributed by atoms with van der Waals surface area (Å²) in [5.74, 6) is 0.674. The number of nitrogens with one attached hydrogen (secondary N) is 2. The number of nitrogens with zero attached hydrogens (tertiary/aromatic N) is 1. The van der Waals surface area contributed by atoms with Crippen LogP contribution in [0.2, 0.25) is 0 Å². The summed E-state index contributed by atoms with van der Waals surface area (Å²) in [5, 5.41) is 6.18. The molecule has 0 radical (unpaired) electrons. The molecule has 1 aromatic rings. The molecule has 0 saturated carbocycles. The van der Waals surface area contributed by atoms with Crippen molar-refractivity contribution in [3.05, 3.63) is 35.9 Å². The Bertz CT molecular complexity index is 450. The average Bonchev–Trinajstić information content (AvgIpc) is 2.51. The first-order valence-electron chi connectivity index (χ1n) is 8.14. The Morgan fingerprint density at radius 2 is 1.75 bits per heavy atom. The van der Waals surface area contributed by atoms with E-state index in [4.69, 9.17) is 0 Å². The Hall–Kier alpha value is -0.990. The van der Waals surface area contributed by atoms with Crippen molar-refractivity contribution in [2.24, 2.45) is 4.99 Å². The summed E-state index contributed by atoms with van der Waals surface area (Å²) in [4.78, 5) is 4.45. The Kier molecular flexibility index (Phi) is 12.8. The van der Waals surface area contributed by atoms with Crippen molar-refractivity contribution in [3.8, 4) is 0 Å². The minimum Gasteiger partial charge on any atom is -0.357 e. The van der Waals surface area contributed by atoms with Gasteiger partial charge >= 0.3 is 6.18 Å². The fraction of sp³-hybridized carbons (Fsp3) is 0.588. The summed E-state index contributed by atoms with van der Waals surface area (Å²) in [6, 6.07) is 10.2. The Morgan fingerprint density at radius 1 is 1.04 bits per heavy atom. The summed E-state index contributed by atoms with van der Waals surface area (Å²) in [7, 11) is 0. The number of alkyl halides is 3. The molecule has 0 fully saturated rings. The minimum absolute atomic E-state index is 0. The third kappa shape index (κ3) is 12.4. The molecule has 1 aromatic carbocycles. The zero-order valence-corrected chi connectivity index (χ0v) is 16.4. The van der Waals surface area contributed by atoms with Crippen LogP contribution >= 0.6 is 24.0 Å². The fourth-order valence-electron chi connectivity index (χ4n) is 2.12. The van der Waals surface area contributed by atoms with Crippen molar-refractivity contribution in [1.29, 1.82) is 0 Å². The zero-order chi connectivity index (χ0) is 17.0. The molecular weight excluding hydrogens is 430 g/mol. The molecule has 0 aliphatic heterocycles. The number of rotatable bonds is 9. The van der Waals surface area contributed by atoms with Crippen molar-refractivity contribution >= 4 is 29.9 Å². The largest absolute Gasteiger partial charge is 0.389 e. The van der Waals surface area contributed by atoms with Crippen LogP contribution < -0.4 is 10.6 Å². The first-order chi connectivity index (χ1) is 11.0. The van der Waals surface area contributed by atoms with Crippen LogP contribution in [0.25, 0.3) is 0 Å². The quantitative estimate of drug-likeness (QED) is 0.248. The van der Waals surface area contributed by atoms with E-state index in [-0.39, 0.29) is 30.4 Å². The standard InChI is InChI=1S/C17H26F3N3.HI/c1-2-21-16(22-13-7-6-12-17(18,19)20)23-14-8-11-15-9-4-3-5-10-15;/h3-5,9-10H,2,6-8,11-14H2,1H3,(H2,21,22,23);1H. The number of hydrogen-bond acceptors (Lipinski definition) is 1. The van der Waals surface area contributed by atoms with E-state index in [1.54, 1.807) is 0 Å². The highest BCUT2D eigenvalue weighted by Crippen LogP contribution is 2.21. The topological polar surface area (TPSA) is 36.4 Å². The van der Waals surface area contributed by atoms with Gasteiger partial charge in [0, 0.05) is 26.1 Å². The van der Waals surface area contributed by atoms with E-state index >= 15 is 0 Å². The molecule has 1 rings (SSSR count). The van der Waals surface area contributed by atoms with Crippen molar-refractivity contribution in [2.75, 3.05) is 19.6 Å². The lowest BCUT2D eigenvalue weighted by molar-refractivity contribution is -0.135. The third-order valence-corrected chi connectivity index (χ3v) is 3.26. The van der Waals surface area contributed by atoms with Crippen LogP contribution in [0.15, 0.2) is 35.3 Å². The van der Waals surface area contributed by atoms with Gasteiger partial charge in [-0.25, -0.2) is 0 Å². The van der Waals surface area contributed by atoms with E-state index in [9.17, 15) is 13.2 Å². The number of hydrogen-bond donors (Lipinski definition) is 2. The van der Waals surface area contributed by atoms with Gasteiger partial charge in [0.1, 0.15) is 0 Å². The Balaban J connectivity index is 0.00000529. The number of aryl methyl sites for hydroxylation is 1. The van der Waals surface area contributed by atoms with Gasteiger partial charge in [-0.15, -0.1) is 24.0 Å². The van der Waals surface area contributed by atoms with Gasteiger partial charge in [-0.05, 0) is 38.2 Å². The number of halogens is 4. The molecule has 0 aromatic heterocycles. The molecule has 0 spiro atoms. The van der Waals surface area contributed by atoms with E-state index < -0.39 is 12.6 Å². The molecule has 0 amide bonds. The van der Waals surface area contributed by atoms with Crippen LogP contribution in [-0.4, -0.2) is 31.8 Å². The molecule has 0 atom stereocenters. The van der Waals surface area contributed by atoms with Gasteiger partial charge in [0.2, 0.25) is 0 Å². The highest BCUT2D eigenvalue weighted by Gasteiger charge is 2.25. The van der Waals surface area contributed by atoms with E-state index in [1.165, 1.54) is 5.56 Å². The van der Waals surface area contributed by atoms with E-state index in [2.05, 4.69) is 27.8 Å². The van der Waals surface area contributed by atoms with Crippen molar-refractivity contribution in [3.63, 3.8) is 0 Å². The monoisotopic (exact) mass is 457 g/mol. The van der Waals surface area contributed by atoms with Crippen LogP contribution in [0.1, 0.15) is 38.2 Å². The van der Waals surface area contributed by atoms with Gasteiger partial charge in [0.05, 0.1) is 0 Å². The SMILES string of the molecule is CCNC(=NCCCc1ccccc1)NCCCCC(F)(F)F.I. The second-order valence-electron chi connectivity index (χ2n) is 5.35. The molecule has 0 bridgehead atoms. The van der Waals surface area contributed by atoms with Crippen molar-refractivity contribution in [2.45, 2.75) is 45.2 Å². The lowest BCUT2D eigenvalue weighted by Crippen LogP contribution is -2.38. The summed E-state index contributed by atoms with van der Waals surface area (Å²) < 4.78 is 36.2. The van der Waals surface area contributed by atoms with Crippen LogP contribution in [-0.2, 0) is 6.42 Å². The minimum atomic E-state index is -4.06. The van der Waals surface area contributed by atoms with Crippen LogP contribution in [0.3, 0.4) is 0 Å². The summed E-state index contributed by atoms with van der Waals surface area (Å²) in [5.41, 5.74) is 1.29. The molecule has 0 heterocycles. The molecule has 0 aliphatic carbocycles. The van der Waals surface area contributed by atoms with Gasteiger partial charge in [0.15, 0.2) is 5.96 Å². The molecule has 0 unspecified atom stereocenters. The molecule has 2 N–H and O–H groups in total. The maximum absolute atomic E-state index is 12.1. The molecule has 138 valence electrons. The number of unbranched alkanes of at least 4 members (excludes halogenated alkanes) is 1. The number of guanidine groups is 1. The fourth-order valence-corrected chi connectivity index (χ4v) is 2.12. The second kappa shape index (κ2) is 13.3. The summed E-state index contributed by atoms with van der Waals surface area (Å²) in [6.07, 6.45) is -2.25. The first kappa shape index (κ1) is 23.0. The predicted octanol–water partition coefficient (Wildman–Crippen LogP) is 4.52. The lowest BCUT2D eigenvalue weighted by Gasteiger charge is -2.11. The summed E-state index contributed by atoms with van der Waals surface area (Å²) >= 11 is 0. The first-order valence-corrected chi connectivity index (χ1v) is 8.14. The Morgan fingerprint density at radius 3 is 2.38 bits per heavy atom. The predicted molar refractivity (Wildman–Crippen MR) is 104 cm³/mol. The lowest BCUT2D eigenvalue weighted by atomic mass is 10.1.